The summed E-state index contributed by atoms with van der Waals surface area (Å²) in [6, 6.07) is 14.9. The number of halogens is 1. The number of ether oxygens (including phenoxy) is 3. The van der Waals surface area contributed by atoms with E-state index in [9.17, 15) is 0 Å². The van der Waals surface area contributed by atoms with E-state index in [0.717, 1.165) is 22.5 Å². The van der Waals surface area contributed by atoms with Gasteiger partial charge in [-0.15, -0.1) is 5.10 Å². The van der Waals surface area contributed by atoms with Crippen LogP contribution in [0.4, 0.5) is 11.6 Å². The number of fused-ring (bicyclic) bond motifs is 1. The molecule has 0 atom stereocenters. The molecule has 148 valence electrons. The number of hydrogen-bond donors (Lipinski definition) is 1. The smallest absolute Gasteiger partial charge is 0.245 e. The lowest BCUT2D eigenvalue weighted by Crippen LogP contribution is -2.03. The summed E-state index contributed by atoms with van der Waals surface area (Å²) in [4.78, 5) is 4.39. The summed E-state index contributed by atoms with van der Waals surface area (Å²) in [6.07, 6.45) is 1.75. The predicted molar refractivity (Wildman–Crippen MR) is 113 cm³/mol. The Bertz CT molecular complexity index is 1180. The summed E-state index contributed by atoms with van der Waals surface area (Å²) >= 11 is 6.20. The van der Waals surface area contributed by atoms with Crippen LogP contribution < -0.4 is 19.5 Å². The second kappa shape index (κ2) is 7.89. The van der Waals surface area contributed by atoms with Crippen LogP contribution in [0.25, 0.3) is 16.8 Å². The van der Waals surface area contributed by atoms with E-state index in [2.05, 4.69) is 15.4 Å². The number of rotatable bonds is 6. The van der Waals surface area contributed by atoms with E-state index in [-0.39, 0.29) is 0 Å². The Morgan fingerprint density at radius 2 is 1.62 bits per heavy atom. The molecule has 2 aromatic carbocycles. The molecule has 0 aliphatic rings. The van der Waals surface area contributed by atoms with Gasteiger partial charge < -0.3 is 19.5 Å². The maximum atomic E-state index is 6.20. The van der Waals surface area contributed by atoms with E-state index in [1.165, 1.54) is 0 Å². The van der Waals surface area contributed by atoms with Gasteiger partial charge in [-0.05, 0) is 42.5 Å². The van der Waals surface area contributed by atoms with Gasteiger partial charge in [-0.25, -0.2) is 9.50 Å². The van der Waals surface area contributed by atoms with Crippen molar-refractivity contribution in [3.63, 3.8) is 0 Å². The fourth-order valence-electron chi connectivity index (χ4n) is 3.09. The van der Waals surface area contributed by atoms with E-state index in [4.69, 9.17) is 25.8 Å². The third-order valence-corrected chi connectivity index (χ3v) is 4.71. The zero-order chi connectivity index (χ0) is 20.4. The largest absolute Gasteiger partial charge is 0.496 e. The fourth-order valence-corrected chi connectivity index (χ4v) is 3.26. The van der Waals surface area contributed by atoms with Crippen LogP contribution >= 0.6 is 11.6 Å². The van der Waals surface area contributed by atoms with Gasteiger partial charge in [-0.3, -0.25) is 0 Å². The highest BCUT2D eigenvalue weighted by Gasteiger charge is 2.13. The van der Waals surface area contributed by atoms with E-state index >= 15 is 0 Å². The highest BCUT2D eigenvalue weighted by molar-refractivity contribution is 6.31. The van der Waals surface area contributed by atoms with Gasteiger partial charge in [0.15, 0.2) is 11.5 Å². The van der Waals surface area contributed by atoms with Crippen molar-refractivity contribution in [1.82, 2.24) is 14.6 Å². The van der Waals surface area contributed by atoms with Crippen LogP contribution in [0.15, 0.2) is 54.7 Å². The van der Waals surface area contributed by atoms with Crippen molar-refractivity contribution < 1.29 is 14.2 Å². The third-order valence-electron chi connectivity index (χ3n) is 4.48. The Labute approximate surface area is 172 Å². The van der Waals surface area contributed by atoms with Gasteiger partial charge in [0.2, 0.25) is 5.95 Å². The quantitative estimate of drug-likeness (QED) is 0.491. The van der Waals surface area contributed by atoms with Crippen molar-refractivity contribution >= 4 is 28.8 Å². The molecule has 0 aliphatic heterocycles. The van der Waals surface area contributed by atoms with Crippen molar-refractivity contribution in [1.29, 1.82) is 0 Å². The number of nitrogens with zero attached hydrogens (tertiary/aromatic N) is 3. The first-order valence-electron chi connectivity index (χ1n) is 8.80. The zero-order valence-electron chi connectivity index (χ0n) is 16.1. The van der Waals surface area contributed by atoms with Crippen LogP contribution in [-0.2, 0) is 0 Å². The summed E-state index contributed by atoms with van der Waals surface area (Å²) in [7, 11) is 4.82. The molecular weight excluding hydrogens is 392 g/mol. The molecule has 0 saturated carbocycles. The lowest BCUT2D eigenvalue weighted by atomic mass is 10.1. The van der Waals surface area contributed by atoms with E-state index in [0.29, 0.717) is 28.2 Å². The number of methoxy groups -OCH3 is 3. The third kappa shape index (κ3) is 3.64. The van der Waals surface area contributed by atoms with E-state index in [1.54, 1.807) is 38.1 Å². The van der Waals surface area contributed by atoms with Gasteiger partial charge in [0.1, 0.15) is 5.75 Å². The zero-order valence-corrected chi connectivity index (χ0v) is 16.9. The van der Waals surface area contributed by atoms with Crippen LogP contribution in [0.5, 0.6) is 17.2 Å². The molecule has 4 rings (SSSR count). The Morgan fingerprint density at radius 3 is 2.38 bits per heavy atom. The number of nitrogens with one attached hydrogen (secondary N) is 1. The standard InChI is InChI=1S/C21H19ClN4O3/c1-27-18-8-4-13(22)10-16(18)17-7-6-15-12-23-21(25-26(15)17)24-14-5-9-19(28-2)20(11-14)29-3/h4-12H,1-3H3,(H,24,25). The first-order valence-corrected chi connectivity index (χ1v) is 9.18. The second-order valence-corrected chi connectivity index (χ2v) is 6.61. The Hall–Kier alpha value is -3.45. The molecule has 1 N–H and O–H groups in total. The van der Waals surface area contributed by atoms with Crippen molar-refractivity contribution in [2.75, 3.05) is 26.6 Å². The molecule has 0 spiro atoms. The molecule has 29 heavy (non-hydrogen) atoms. The highest BCUT2D eigenvalue weighted by Crippen LogP contribution is 2.34. The van der Waals surface area contributed by atoms with Crippen molar-refractivity contribution in [3.8, 4) is 28.5 Å². The molecule has 0 amide bonds. The summed E-state index contributed by atoms with van der Waals surface area (Å²) in [5.41, 5.74) is 3.31. The average Bonchev–Trinajstić information content (AvgIpc) is 3.16. The molecule has 2 aromatic heterocycles. The van der Waals surface area contributed by atoms with E-state index in [1.807, 2.05) is 42.5 Å². The van der Waals surface area contributed by atoms with Gasteiger partial charge in [0.05, 0.1) is 38.7 Å². The minimum absolute atomic E-state index is 0.433. The number of hydrogen-bond acceptors (Lipinski definition) is 6. The van der Waals surface area contributed by atoms with Gasteiger partial charge >= 0.3 is 0 Å². The van der Waals surface area contributed by atoms with Crippen molar-refractivity contribution in [2.24, 2.45) is 0 Å². The van der Waals surface area contributed by atoms with Gasteiger partial charge in [0.25, 0.3) is 0 Å². The number of aromatic nitrogens is 3. The van der Waals surface area contributed by atoms with E-state index < -0.39 is 0 Å². The molecular formula is C21H19ClN4O3. The lowest BCUT2D eigenvalue weighted by Gasteiger charge is -2.12. The normalized spacial score (nSPS) is 10.8. The SMILES string of the molecule is COc1ccc(Nc2ncc3ccc(-c4cc(Cl)ccc4OC)n3n2)cc1OC. The molecule has 0 fully saturated rings. The minimum atomic E-state index is 0.433. The minimum Gasteiger partial charge on any atom is -0.496 e. The maximum absolute atomic E-state index is 6.20. The Balaban J connectivity index is 1.74. The molecule has 8 heteroatoms. The number of anilines is 2. The molecule has 4 aromatic rings. The molecule has 0 bridgehead atoms. The van der Waals surface area contributed by atoms with Crippen LogP contribution in [0.2, 0.25) is 5.02 Å². The van der Waals surface area contributed by atoms with Crippen LogP contribution in [0, 0.1) is 0 Å². The van der Waals surface area contributed by atoms with Crippen molar-refractivity contribution in [2.45, 2.75) is 0 Å². The van der Waals surface area contributed by atoms with Gasteiger partial charge in [0, 0.05) is 22.3 Å². The summed E-state index contributed by atoms with van der Waals surface area (Å²) in [5, 5.41) is 8.45. The second-order valence-electron chi connectivity index (χ2n) is 6.18. The molecule has 0 unspecified atom stereocenters. The van der Waals surface area contributed by atoms with Gasteiger partial charge in [-0.1, -0.05) is 11.6 Å². The van der Waals surface area contributed by atoms with Gasteiger partial charge in [-0.2, -0.15) is 0 Å². The van der Waals surface area contributed by atoms with Crippen molar-refractivity contribution in [3.05, 3.63) is 59.8 Å². The van der Waals surface area contributed by atoms with Crippen LogP contribution in [0.1, 0.15) is 0 Å². The molecule has 7 nitrogen and oxygen atoms in total. The topological polar surface area (TPSA) is 69.9 Å². The average molecular weight is 411 g/mol. The fraction of sp³-hybridized carbons (Fsp3) is 0.143. The first-order chi connectivity index (χ1) is 14.1. The molecule has 0 aliphatic carbocycles. The highest BCUT2D eigenvalue weighted by atomic mass is 35.5. The molecule has 0 radical (unpaired) electrons. The summed E-state index contributed by atoms with van der Waals surface area (Å²) < 4.78 is 17.9. The molecule has 2 heterocycles. The summed E-state index contributed by atoms with van der Waals surface area (Å²) in [6.45, 7) is 0. The molecule has 0 saturated heterocycles. The van der Waals surface area contributed by atoms with Crippen LogP contribution in [0.3, 0.4) is 0 Å². The summed E-state index contributed by atoms with van der Waals surface area (Å²) in [5.74, 6) is 2.41. The van der Waals surface area contributed by atoms with Crippen LogP contribution in [-0.4, -0.2) is 35.9 Å². The maximum Gasteiger partial charge on any atom is 0.245 e. The monoisotopic (exact) mass is 410 g/mol. The first kappa shape index (κ1) is 18.9. The lowest BCUT2D eigenvalue weighted by molar-refractivity contribution is 0.355. The number of benzene rings is 2. The Morgan fingerprint density at radius 1 is 0.862 bits per heavy atom. The Kier molecular flexibility index (Phi) is 5.14. The predicted octanol–water partition coefficient (Wildman–Crippen LogP) is 4.82.